The number of rotatable bonds is 9. The Morgan fingerprint density at radius 3 is 2.46 bits per heavy atom. The number of aliphatic imine (C=N–C) groups is 1. The molecule has 0 unspecified atom stereocenters. The largest absolute Gasteiger partial charge is 0.462 e. The van der Waals surface area contributed by atoms with E-state index < -0.39 is 0 Å². The van der Waals surface area contributed by atoms with Crippen molar-refractivity contribution in [3.05, 3.63) is 0 Å². The number of piperidine rings is 1. The lowest BCUT2D eigenvalue weighted by molar-refractivity contribution is -0.148. The first kappa shape index (κ1) is 25.5. The van der Waals surface area contributed by atoms with Crippen LogP contribution in [0.4, 0.5) is 0 Å². The highest BCUT2D eigenvalue weighted by atomic mass is 127. The fraction of sp³-hybridized carbons (Fsp3) is 0.905. The molecule has 6 nitrogen and oxygen atoms in total. The summed E-state index contributed by atoms with van der Waals surface area (Å²) < 4.78 is 5.50. The van der Waals surface area contributed by atoms with Crippen LogP contribution in [-0.4, -0.2) is 61.7 Å². The second-order valence-electron chi connectivity index (χ2n) is 8.37. The van der Waals surface area contributed by atoms with Gasteiger partial charge in [0.05, 0.1) is 0 Å². The molecule has 0 aromatic rings. The van der Waals surface area contributed by atoms with E-state index in [0.29, 0.717) is 19.0 Å². The molecule has 0 bridgehead atoms. The van der Waals surface area contributed by atoms with Crippen LogP contribution in [0.15, 0.2) is 4.99 Å². The van der Waals surface area contributed by atoms with Crippen LogP contribution >= 0.6 is 24.0 Å². The number of nitrogens with zero attached hydrogens (tertiary/aromatic N) is 2. The number of nitrogens with one attached hydrogen (secondary N) is 2. The zero-order valence-electron chi connectivity index (χ0n) is 18.0. The second-order valence-corrected chi connectivity index (χ2v) is 8.37. The molecule has 0 atom stereocenters. The van der Waals surface area contributed by atoms with E-state index in [-0.39, 0.29) is 36.0 Å². The van der Waals surface area contributed by atoms with Gasteiger partial charge in [0.25, 0.3) is 0 Å². The van der Waals surface area contributed by atoms with Crippen molar-refractivity contribution in [2.75, 3.05) is 32.7 Å². The summed E-state index contributed by atoms with van der Waals surface area (Å²) in [6, 6.07) is 0.485. The Bertz CT molecular complexity index is 459. The van der Waals surface area contributed by atoms with Gasteiger partial charge in [0.15, 0.2) is 5.96 Å². The van der Waals surface area contributed by atoms with Gasteiger partial charge in [-0.2, -0.15) is 0 Å². The molecule has 1 heterocycles. The maximum absolute atomic E-state index is 11.9. The molecule has 1 saturated carbocycles. The number of ether oxygens (including phenoxy) is 1. The first-order valence-electron chi connectivity index (χ1n) is 11.0. The molecular weight excluding hydrogens is 467 g/mol. The predicted molar refractivity (Wildman–Crippen MR) is 126 cm³/mol. The molecule has 164 valence electrons. The van der Waals surface area contributed by atoms with Crippen molar-refractivity contribution in [2.45, 2.75) is 84.3 Å². The Hall–Kier alpha value is -0.570. The van der Waals surface area contributed by atoms with E-state index in [4.69, 9.17) is 4.74 Å². The minimum Gasteiger partial charge on any atom is -0.462 e. The molecule has 2 fully saturated rings. The van der Waals surface area contributed by atoms with Crippen molar-refractivity contribution < 1.29 is 9.53 Å². The zero-order chi connectivity index (χ0) is 19.5. The summed E-state index contributed by atoms with van der Waals surface area (Å²) in [5.41, 5.74) is 0. The second kappa shape index (κ2) is 14.4. The minimum atomic E-state index is -0.0624. The Kier molecular flexibility index (Phi) is 13.1. The molecule has 0 spiro atoms. The Labute approximate surface area is 188 Å². The van der Waals surface area contributed by atoms with Gasteiger partial charge in [-0.1, -0.05) is 13.8 Å². The third-order valence-corrected chi connectivity index (χ3v) is 5.31. The highest BCUT2D eigenvalue weighted by Gasteiger charge is 2.21. The normalized spacial score (nSPS) is 19.5. The van der Waals surface area contributed by atoms with Gasteiger partial charge in [0.2, 0.25) is 0 Å². The van der Waals surface area contributed by atoms with Gasteiger partial charge < -0.3 is 20.3 Å². The van der Waals surface area contributed by atoms with Crippen LogP contribution in [0.25, 0.3) is 0 Å². The summed E-state index contributed by atoms with van der Waals surface area (Å²) in [6.07, 6.45) is 8.15. The number of esters is 1. The summed E-state index contributed by atoms with van der Waals surface area (Å²) >= 11 is 0. The van der Waals surface area contributed by atoms with Crippen LogP contribution in [0.2, 0.25) is 0 Å². The third-order valence-electron chi connectivity index (χ3n) is 5.31. The number of hydrogen-bond acceptors (Lipinski definition) is 4. The lowest BCUT2D eigenvalue weighted by Crippen LogP contribution is -2.49. The summed E-state index contributed by atoms with van der Waals surface area (Å²) in [6.45, 7) is 11.7. The number of carbonyl (C=O) groups excluding carboxylic acids is 1. The molecule has 28 heavy (non-hydrogen) atoms. The molecule has 1 saturated heterocycles. The van der Waals surface area contributed by atoms with Gasteiger partial charge in [-0.05, 0) is 57.8 Å². The summed E-state index contributed by atoms with van der Waals surface area (Å²) in [4.78, 5) is 19.1. The molecular formula is C21H41IN4O2. The molecule has 2 N–H and O–H groups in total. The van der Waals surface area contributed by atoms with E-state index in [0.717, 1.165) is 63.6 Å². The number of carbonyl (C=O) groups is 1. The molecule has 0 amide bonds. The van der Waals surface area contributed by atoms with Crippen LogP contribution < -0.4 is 10.6 Å². The van der Waals surface area contributed by atoms with E-state index in [9.17, 15) is 4.79 Å². The standard InChI is InChI=1S/C21H40N4O2.HI/c1-4-22-21(24-18-11-14-25(15-12-18)16-17(2)3)23-13-7-10-20(26)27-19-8-5-6-9-19;/h17-19H,4-16H2,1-3H3,(H2,22,23,24);1H. The molecule has 7 heteroatoms. The van der Waals surface area contributed by atoms with Gasteiger partial charge in [-0.25, -0.2) is 0 Å². The van der Waals surface area contributed by atoms with Gasteiger partial charge in [-0.15, -0.1) is 24.0 Å². The molecule has 1 aliphatic carbocycles. The highest BCUT2D eigenvalue weighted by molar-refractivity contribution is 14.0. The van der Waals surface area contributed by atoms with Gasteiger partial charge >= 0.3 is 5.97 Å². The molecule has 1 aliphatic heterocycles. The van der Waals surface area contributed by atoms with Gasteiger partial charge in [0.1, 0.15) is 6.10 Å². The summed E-state index contributed by atoms with van der Waals surface area (Å²) in [5.74, 6) is 1.55. The van der Waals surface area contributed by atoms with Crippen LogP contribution in [0.5, 0.6) is 0 Å². The van der Waals surface area contributed by atoms with Crippen LogP contribution in [0.1, 0.15) is 72.1 Å². The van der Waals surface area contributed by atoms with Crippen molar-refractivity contribution in [1.82, 2.24) is 15.5 Å². The lowest BCUT2D eigenvalue weighted by atomic mass is 10.0. The molecule has 0 aromatic heterocycles. The predicted octanol–water partition coefficient (Wildman–Crippen LogP) is 3.55. The highest BCUT2D eigenvalue weighted by Crippen LogP contribution is 2.21. The quantitative estimate of drug-likeness (QED) is 0.164. The third kappa shape index (κ3) is 10.3. The van der Waals surface area contributed by atoms with Crippen LogP contribution in [0, 0.1) is 5.92 Å². The van der Waals surface area contributed by atoms with Gasteiger partial charge in [-0.3, -0.25) is 9.79 Å². The first-order valence-corrected chi connectivity index (χ1v) is 11.0. The maximum Gasteiger partial charge on any atom is 0.306 e. The molecule has 0 radical (unpaired) electrons. The zero-order valence-corrected chi connectivity index (χ0v) is 20.4. The van der Waals surface area contributed by atoms with E-state index in [1.54, 1.807) is 0 Å². The Morgan fingerprint density at radius 2 is 1.86 bits per heavy atom. The number of likely N-dealkylation sites (tertiary alicyclic amines) is 1. The molecule has 2 aliphatic rings. The lowest BCUT2D eigenvalue weighted by Gasteiger charge is -2.34. The van der Waals surface area contributed by atoms with Gasteiger partial charge in [0, 0.05) is 45.2 Å². The monoisotopic (exact) mass is 508 g/mol. The maximum atomic E-state index is 11.9. The average Bonchev–Trinajstić information content (AvgIpc) is 3.13. The van der Waals surface area contributed by atoms with Crippen molar-refractivity contribution in [2.24, 2.45) is 10.9 Å². The van der Waals surface area contributed by atoms with E-state index in [1.165, 1.54) is 19.4 Å². The SMILES string of the molecule is CCNC(=NCCCC(=O)OC1CCCC1)NC1CCN(CC(C)C)CC1.I. The van der Waals surface area contributed by atoms with Crippen molar-refractivity contribution in [3.8, 4) is 0 Å². The van der Waals surface area contributed by atoms with Crippen molar-refractivity contribution in [3.63, 3.8) is 0 Å². The Morgan fingerprint density at radius 1 is 1.18 bits per heavy atom. The smallest absolute Gasteiger partial charge is 0.306 e. The fourth-order valence-corrected chi connectivity index (χ4v) is 3.95. The van der Waals surface area contributed by atoms with Crippen molar-refractivity contribution in [1.29, 1.82) is 0 Å². The fourth-order valence-electron chi connectivity index (χ4n) is 3.95. The first-order chi connectivity index (χ1) is 13.1. The van der Waals surface area contributed by atoms with Crippen molar-refractivity contribution >= 4 is 35.9 Å². The van der Waals surface area contributed by atoms with E-state index >= 15 is 0 Å². The van der Waals surface area contributed by atoms with E-state index in [2.05, 4.69) is 41.3 Å². The number of halogens is 1. The number of hydrogen-bond donors (Lipinski definition) is 2. The van der Waals surface area contributed by atoms with Crippen LogP contribution in [-0.2, 0) is 9.53 Å². The summed E-state index contributed by atoms with van der Waals surface area (Å²) in [7, 11) is 0. The minimum absolute atomic E-state index is 0. The number of guanidine groups is 1. The van der Waals surface area contributed by atoms with Crippen LogP contribution in [0.3, 0.4) is 0 Å². The average molecular weight is 508 g/mol. The summed E-state index contributed by atoms with van der Waals surface area (Å²) in [5, 5.41) is 6.90. The van der Waals surface area contributed by atoms with E-state index in [1.807, 2.05) is 0 Å². The topological polar surface area (TPSA) is 66.0 Å². The molecule has 2 rings (SSSR count). The molecule has 0 aromatic carbocycles. The Balaban J connectivity index is 0.00000392.